The van der Waals surface area contributed by atoms with Gasteiger partial charge in [0.2, 0.25) is 0 Å². The van der Waals surface area contributed by atoms with Gasteiger partial charge in [-0.25, -0.2) is 4.79 Å². The Kier molecular flexibility index (Phi) is 3.57. The second kappa shape index (κ2) is 4.89. The van der Waals surface area contributed by atoms with E-state index in [0.29, 0.717) is 28.5 Å². The molecule has 16 heavy (non-hydrogen) atoms. The Bertz CT molecular complexity index is 510. The lowest BCUT2D eigenvalue weighted by Gasteiger charge is -2.03. The van der Waals surface area contributed by atoms with E-state index in [4.69, 9.17) is 10.4 Å². The van der Waals surface area contributed by atoms with Gasteiger partial charge in [-0.3, -0.25) is 4.79 Å². The molecule has 0 aliphatic rings. The summed E-state index contributed by atoms with van der Waals surface area (Å²) in [5.74, 6) is -1.07. The van der Waals surface area contributed by atoms with Crippen molar-refractivity contribution in [1.82, 2.24) is 0 Å². The Balaban J connectivity index is 3.33. The van der Waals surface area contributed by atoms with Crippen LogP contribution in [0.2, 0.25) is 0 Å². The standard InChI is InChI=1S/C12H9NO3/c1-8-10(2-3-12(15)16)4-9(7-14)5-11(8)6-13/h2-5,7H,1H3,(H,15,16)/b3-2+. The van der Waals surface area contributed by atoms with Gasteiger partial charge in [0, 0.05) is 11.6 Å². The molecule has 0 aliphatic heterocycles. The Morgan fingerprint density at radius 3 is 2.69 bits per heavy atom. The molecular formula is C12H9NO3. The molecule has 0 saturated heterocycles. The third-order valence-corrected chi connectivity index (χ3v) is 2.13. The second-order valence-corrected chi connectivity index (χ2v) is 3.18. The van der Waals surface area contributed by atoms with Crippen molar-refractivity contribution in [2.45, 2.75) is 6.92 Å². The number of rotatable bonds is 3. The molecule has 4 nitrogen and oxygen atoms in total. The number of nitriles is 1. The number of carbonyl (C=O) groups is 2. The average molecular weight is 215 g/mol. The highest BCUT2D eigenvalue weighted by Crippen LogP contribution is 2.17. The quantitative estimate of drug-likeness (QED) is 0.615. The van der Waals surface area contributed by atoms with Crippen molar-refractivity contribution >= 4 is 18.3 Å². The van der Waals surface area contributed by atoms with Crippen molar-refractivity contribution in [3.05, 3.63) is 40.5 Å². The molecule has 0 fully saturated rings. The highest BCUT2D eigenvalue weighted by molar-refractivity contribution is 5.87. The summed E-state index contributed by atoms with van der Waals surface area (Å²) in [6.45, 7) is 1.70. The summed E-state index contributed by atoms with van der Waals surface area (Å²) in [4.78, 5) is 21.0. The van der Waals surface area contributed by atoms with Gasteiger partial charge in [0.15, 0.2) is 0 Å². The minimum absolute atomic E-state index is 0.354. The molecule has 80 valence electrons. The lowest BCUT2D eigenvalue weighted by Crippen LogP contribution is -1.93. The van der Waals surface area contributed by atoms with Gasteiger partial charge in [-0.05, 0) is 36.3 Å². The van der Waals surface area contributed by atoms with Crippen molar-refractivity contribution in [2.75, 3.05) is 0 Å². The maximum atomic E-state index is 10.6. The molecule has 0 aliphatic carbocycles. The summed E-state index contributed by atoms with van der Waals surface area (Å²) in [6.07, 6.45) is 2.96. The van der Waals surface area contributed by atoms with E-state index in [1.807, 2.05) is 6.07 Å². The van der Waals surface area contributed by atoms with Crippen LogP contribution in [0.5, 0.6) is 0 Å². The monoisotopic (exact) mass is 215 g/mol. The number of carboxylic acid groups (broad SMARTS) is 1. The molecule has 0 amide bonds. The van der Waals surface area contributed by atoms with Gasteiger partial charge in [-0.15, -0.1) is 0 Å². The zero-order valence-corrected chi connectivity index (χ0v) is 8.60. The summed E-state index contributed by atoms with van der Waals surface area (Å²) in [6, 6.07) is 4.97. The maximum Gasteiger partial charge on any atom is 0.328 e. The first kappa shape index (κ1) is 11.7. The van der Waals surface area contributed by atoms with E-state index in [9.17, 15) is 9.59 Å². The SMILES string of the molecule is Cc1c(C#N)cc(C=O)cc1/C=C/C(=O)O. The predicted octanol–water partition coefficient (Wildman–Crippen LogP) is 1.78. The minimum Gasteiger partial charge on any atom is -0.478 e. The second-order valence-electron chi connectivity index (χ2n) is 3.18. The highest BCUT2D eigenvalue weighted by atomic mass is 16.4. The summed E-state index contributed by atoms with van der Waals surface area (Å²) < 4.78 is 0. The molecule has 0 radical (unpaired) electrons. The van der Waals surface area contributed by atoms with E-state index in [1.165, 1.54) is 12.1 Å². The smallest absolute Gasteiger partial charge is 0.328 e. The first-order valence-corrected chi connectivity index (χ1v) is 4.49. The number of benzene rings is 1. The lowest BCUT2D eigenvalue weighted by molar-refractivity contribution is -0.131. The Morgan fingerprint density at radius 1 is 1.50 bits per heavy atom. The van der Waals surface area contributed by atoms with Crippen molar-refractivity contribution < 1.29 is 14.7 Å². The van der Waals surface area contributed by atoms with E-state index in [2.05, 4.69) is 0 Å². The first-order valence-electron chi connectivity index (χ1n) is 4.49. The van der Waals surface area contributed by atoms with Crippen LogP contribution >= 0.6 is 0 Å². The molecule has 1 N–H and O–H groups in total. The number of hydrogen-bond acceptors (Lipinski definition) is 3. The predicted molar refractivity (Wildman–Crippen MR) is 58.0 cm³/mol. The molecule has 0 spiro atoms. The number of hydrogen-bond donors (Lipinski definition) is 1. The zero-order chi connectivity index (χ0) is 12.1. The third-order valence-electron chi connectivity index (χ3n) is 2.13. The van der Waals surface area contributed by atoms with Crippen LogP contribution in [0.3, 0.4) is 0 Å². The Hall–Kier alpha value is -2.41. The Morgan fingerprint density at radius 2 is 2.19 bits per heavy atom. The van der Waals surface area contributed by atoms with Gasteiger partial charge in [-0.2, -0.15) is 5.26 Å². The first-order chi connectivity index (χ1) is 7.58. The molecule has 1 rings (SSSR count). The van der Waals surface area contributed by atoms with Gasteiger partial charge in [-0.1, -0.05) is 0 Å². The summed E-state index contributed by atoms with van der Waals surface area (Å²) in [5.41, 5.74) is 1.94. The molecule has 0 aromatic heterocycles. The molecule has 0 atom stereocenters. The van der Waals surface area contributed by atoms with Crippen molar-refractivity contribution in [3.8, 4) is 6.07 Å². The van der Waals surface area contributed by atoms with Crippen LogP contribution in [-0.4, -0.2) is 17.4 Å². The van der Waals surface area contributed by atoms with Gasteiger partial charge in [0.05, 0.1) is 11.6 Å². The number of aliphatic carboxylic acids is 1. The lowest BCUT2D eigenvalue weighted by atomic mass is 9.99. The van der Waals surface area contributed by atoms with Gasteiger partial charge in [0.1, 0.15) is 6.29 Å². The van der Waals surface area contributed by atoms with Gasteiger partial charge < -0.3 is 5.11 Å². The van der Waals surface area contributed by atoms with Crippen LogP contribution in [0.15, 0.2) is 18.2 Å². The number of aldehydes is 1. The highest BCUT2D eigenvalue weighted by Gasteiger charge is 2.04. The fourth-order valence-corrected chi connectivity index (χ4v) is 1.28. The molecule has 0 heterocycles. The van der Waals surface area contributed by atoms with Crippen LogP contribution in [0.1, 0.15) is 27.0 Å². The zero-order valence-electron chi connectivity index (χ0n) is 8.60. The molecular weight excluding hydrogens is 206 g/mol. The van der Waals surface area contributed by atoms with E-state index < -0.39 is 5.97 Å². The van der Waals surface area contributed by atoms with Crippen LogP contribution in [0, 0.1) is 18.3 Å². The Labute approximate surface area is 92.4 Å². The molecule has 0 bridgehead atoms. The van der Waals surface area contributed by atoms with Crippen LogP contribution in [-0.2, 0) is 4.79 Å². The van der Waals surface area contributed by atoms with E-state index in [0.717, 1.165) is 6.08 Å². The molecule has 1 aromatic rings. The van der Waals surface area contributed by atoms with Crippen molar-refractivity contribution in [1.29, 1.82) is 5.26 Å². The summed E-state index contributed by atoms with van der Waals surface area (Å²) in [5, 5.41) is 17.3. The molecule has 4 heteroatoms. The van der Waals surface area contributed by atoms with E-state index in [1.54, 1.807) is 13.0 Å². The molecule has 1 aromatic carbocycles. The van der Waals surface area contributed by atoms with Crippen LogP contribution in [0.25, 0.3) is 6.08 Å². The largest absolute Gasteiger partial charge is 0.478 e. The summed E-state index contributed by atoms with van der Waals surface area (Å²) in [7, 11) is 0. The number of carbonyl (C=O) groups excluding carboxylic acids is 1. The topological polar surface area (TPSA) is 78.2 Å². The van der Waals surface area contributed by atoms with E-state index in [-0.39, 0.29) is 0 Å². The van der Waals surface area contributed by atoms with Crippen LogP contribution in [0.4, 0.5) is 0 Å². The summed E-state index contributed by atoms with van der Waals surface area (Å²) >= 11 is 0. The molecule has 0 unspecified atom stereocenters. The van der Waals surface area contributed by atoms with Crippen molar-refractivity contribution in [3.63, 3.8) is 0 Å². The molecule has 0 saturated carbocycles. The number of nitrogens with zero attached hydrogens (tertiary/aromatic N) is 1. The van der Waals surface area contributed by atoms with Crippen molar-refractivity contribution in [2.24, 2.45) is 0 Å². The van der Waals surface area contributed by atoms with E-state index >= 15 is 0 Å². The number of carboxylic acids is 1. The average Bonchev–Trinajstić information content (AvgIpc) is 2.27. The fourth-order valence-electron chi connectivity index (χ4n) is 1.28. The van der Waals surface area contributed by atoms with Gasteiger partial charge >= 0.3 is 5.97 Å². The normalized spacial score (nSPS) is 10.0. The third kappa shape index (κ3) is 2.55. The minimum atomic E-state index is -1.07. The van der Waals surface area contributed by atoms with Gasteiger partial charge in [0.25, 0.3) is 0 Å². The van der Waals surface area contributed by atoms with Crippen LogP contribution < -0.4 is 0 Å². The fraction of sp³-hybridized carbons (Fsp3) is 0.0833. The maximum absolute atomic E-state index is 10.6.